The van der Waals surface area contributed by atoms with Crippen molar-refractivity contribution in [2.45, 2.75) is 51.7 Å². The molecule has 0 spiro atoms. The van der Waals surface area contributed by atoms with Crippen molar-refractivity contribution >= 4 is 0 Å². The topological polar surface area (TPSA) is 15.3 Å². The number of hydrogen-bond acceptors (Lipinski definition) is 2. The number of rotatable bonds is 3. The van der Waals surface area contributed by atoms with Crippen LogP contribution in [-0.4, -0.2) is 30.1 Å². The Bertz CT molecular complexity index is 422. The standard InChI is InChI=1S/C18H28N2/c1-13(2)17-12-20(16-9-14(3)10-16)18(11-19-17)15-7-5-4-6-8-15/h4-8,13-14,16-19H,9-12H2,1-3H3. The Morgan fingerprint density at radius 1 is 1.15 bits per heavy atom. The van der Waals surface area contributed by atoms with Crippen LogP contribution in [0.5, 0.6) is 0 Å². The van der Waals surface area contributed by atoms with Crippen LogP contribution >= 0.6 is 0 Å². The van der Waals surface area contributed by atoms with E-state index < -0.39 is 0 Å². The van der Waals surface area contributed by atoms with E-state index in [0.717, 1.165) is 18.5 Å². The van der Waals surface area contributed by atoms with Crippen molar-refractivity contribution in [1.82, 2.24) is 10.2 Å². The molecule has 0 aromatic heterocycles. The maximum Gasteiger partial charge on any atom is 0.0476 e. The summed E-state index contributed by atoms with van der Waals surface area (Å²) in [6, 6.07) is 13.0. The Hall–Kier alpha value is -0.860. The first-order valence-electron chi connectivity index (χ1n) is 8.19. The van der Waals surface area contributed by atoms with E-state index in [2.05, 4.69) is 61.3 Å². The SMILES string of the molecule is CC1CC(N2CC(C(C)C)NCC2c2ccccc2)C1. The second-order valence-electron chi connectivity index (χ2n) is 7.11. The highest BCUT2D eigenvalue weighted by molar-refractivity contribution is 5.21. The number of hydrogen-bond donors (Lipinski definition) is 1. The molecule has 3 rings (SSSR count). The molecule has 1 N–H and O–H groups in total. The molecule has 1 aromatic carbocycles. The highest BCUT2D eigenvalue weighted by atomic mass is 15.3. The van der Waals surface area contributed by atoms with Crippen LogP contribution in [0.25, 0.3) is 0 Å². The molecule has 2 heteroatoms. The summed E-state index contributed by atoms with van der Waals surface area (Å²) in [5, 5.41) is 3.77. The molecule has 2 aliphatic rings. The van der Waals surface area contributed by atoms with Crippen LogP contribution in [0.1, 0.15) is 45.2 Å². The van der Waals surface area contributed by atoms with E-state index in [9.17, 15) is 0 Å². The van der Waals surface area contributed by atoms with E-state index in [1.807, 2.05) is 0 Å². The summed E-state index contributed by atoms with van der Waals surface area (Å²) in [4.78, 5) is 2.79. The lowest BCUT2D eigenvalue weighted by atomic mass is 9.78. The van der Waals surface area contributed by atoms with Crippen LogP contribution in [0.3, 0.4) is 0 Å². The van der Waals surface area contributed by atoms with Crippen LogP contribution in [0.4, 0.5) is 0 Å². The molecule has 2 unspecified atom stereocenters. The average Bonchev–Trinajstić information content (AvgIpc) is 2.44. The lowest BCUT2D eigenvalue weighted by molar-refractivity contribution is 0.0104. The molecular weight excluding hydrogens is 244 g/mol. The van der Waals surface area contributed by atoms with Crippen molar-refractivity contribution < 1.29 is 0 Å². The van der Waals surface area contributed by atoms with Gasteiger partial charge in [-0.15, -0.1) is 0 Å². The molecule has 110 valence electrons. The fourth-order valence-corrected chi connectivity index (χ4v) is 3.76. The van der Waals surface area contributed by atoms with Crippen LogP contribution < -0.4 is 5.32 Å². The Balaban J connectivity index is 1.77. The Labute approximate surface area is 123 Å². The van der Waals surface area contributed by atoms with E-state index >= 15 is 0 Å². The molecule has 2 fully saturated rings. The van der Waals surface area contributed by atoms with Gasteiger partial charge < -0.3 is 5.32 Å². The third-order valence-electron chi connectivity index (χ3n) is 5.19. The molecule has 0 bridgehead atoms. The maximum atomic E-state index is 3.77. The van der Waals surface area contributed by atoms with Gasteiger partial charge in [0.1, 0.15) is 0 Å². The number of nitrogens with one attached hydrogen (secondary N) is 1. The summed E-state index contributed by atoms with van der Waals surface area (Å²) >= 11 is 0. The van der Waals surface area contributed by atoms with E-state index in [1.54, 1.807) is 0 Å². The van der Waals surface area contributed by atoms with Gasteiger partial charge in [-0.3, -0.25) is 4.90 Å². The molecule has 1 saturated carbocycles. The molecule has 1 aliphatic heterocycles. The largest absolute Gasteiger partial charge is 0.311 e. The molecule has 20 heavy (non-hydrogen) atoms. The summed E-state index contributed by atoms with van der Waals surface area (Å²) in [7, 11) is 0. The molecular formula is C18H28N2. The predicted molar refractivity (Wildman–Crippen MR) is 84.7 cm³/mol. The average molecular weight is 272 g/mol. The highest BCUT2D eigenvalue weighted by Gasteiger charge is 2.39. The Morgan fingerprint density at radius 3 is 2.45 bits per heavy atom. The van der Waals surface area contributed by atoms with Gasteiger partial charge in [-0.1, -0.05) is 51.1 Å². The van der Waals surface area contributed by atoms with Crippen LogP contribution in [0.15, 0.2) is 30.3 Å². The quantitative estimate of drug-likeness (QED) is 0.906. The first-order valence-corrected chi connectivity index (χ1v) is 8.19. The highest BCUT2D eigenvalue weighted by Crippen LogP contribution is 2.37. The van der Waals surface area contributed by atoms with Crippen molar-refractivity contribution in [2.24, 2.45) is 11.8 Å². The summed E-state index contributed by atoms with van der Waals surface area (Å²) in [5.41, 5.74) is 1.47. The zero-order chi connectivity index (χ0) is 14.1. The maximum absolute atomic E-state index is 3.77. The smallest absolute Gasteiger partial charge is 0.0476 e. The van der Waals surface area contributed by atoms with Crippen molar-refractivity contribution in [2.75, 3.05) is 13.1 Å². The third kappa shape index (κ3) is 2.77. The van der Waals surface area contributed by atoms with E-state index in [-0.39, 0.29) is 0 Å². The van der Waals surface area contributed by atoms with Crippen LogP contribution in [0.2, 0.25) is 0 Å². The zero-order valence-electron chi connectivity index (χ0n) is 13.0. The molecule has 2 nitrogen and oxygen atoms in total. The molecule has 2 atom stereocenters. The van der Waals surface area contributed by atoms with Crippen LogP contribution in [-0.2, 0) is 0 Å². The van der Waals surface area contributed by atoms with Gasteiger partial charge in [0, 0.05) is 31.2 Å². The number of benzene rings is 1. The molecule has 1 aliphatic carbocycles. The van der Waals surface area contributed by atoms with Crippen molar-refractivity contribution in [3.8, 4) is 0 Å². The lowest BCUT2D eigenvalue weighted by Crippen LogP contribution is -2.59. The fourth-order valence-electron chi connectivity index (χ4n) is 3.76. The minimum atomic E-state index is 0.559. The molecule has 0 radical (unpaired) electrons. The van der Waals surface area contributed by atoms with E-state index in [1.165, 1.54) is 24.9 Å². The molecule has 0 amide bonds. The normalized spacial score (nSPS) is 35.0. The summed E-state index contributed by atoms with van der Waals surface area (Å²) in [6.07, 6.45) is 2.77. The van der Waals surface area contributed by atoms with Crippen molar-refractivity contribution in [3.63, 3.8) is 0 Å². The van der Waals surface area contributed by atoms with Crippen molar-refractivity contribution in [3.05, 3.63) is 35.9 Å². The first kappa shape index (κ1) is 14.1. The monoisotopic (exact) mass is 272 g/mol. The van der Waals surface area contributed by atoms with E-state index in [0.29, 0.717) is 18.0 Å². The lowest BCUT2D eigenvalue weighted by Gasteiger charge is -2.50. The van der Waals surface area contributed by atoms with Crippen molar-refractivity contribution in [1.29, 1.82) is 0 Å². The minimum absolute atomic E-state index is 0.559. The molecule has 1 heterocycles. The van der Waals surface area contributed by atoms with Gasteiger partial charge in [-0.05, 0) is 30.2 Å². The molecule has 1 aromatic rings. The summed E-state index contributed by atoms with van der Waals surface area (Å²) in [5.74, 6) is 1.63. The van der Waals surface area contributed by atoms with Gasteiger partial charge in [-0.25, -0.2) is 0 Å². The Kier molecular flexibility index (Phi) is 4.13. The van der Waals surface area contributed by atoms with Crippen LogP contribution in [0, 0.1) is 11.8 Å². The molecule has 1 saturated heterocycles. The number of nitrogens with zero attached hydrogens (tertiary/aromatic N) is 1. The third-order valence-corrected chi connectivity index (χ3v) is 5.19. The fraction of sp³-hybridized carbons (Fsp3) is 0.667. The first-order chi connectivity index (χ1) is 9.65. The predicted octanol–water partition coefficient (Wildman–Crippen LogP) is 3.46. The van der Waals surface area contributed by atoms with Gasteiger partial charge in [0.15, 0.2) is 0 Å². The van der Waals surface area contributed by atoms with E-state index in [4.69, 9.17) is 0 Å². The second-order valence-corrected chi connectivity index (χ2v) is 7.11. The van der Waals surface area contributed by atoms with Gasteiger partial charge in [-0.2, -0.15) is 0 Å². The van der Waals surface area contributed by atoms with Gasteiger partial charge in [0.2, 0.25) is 0 Å². The summed E-state index contributed by atoms with van der Waals surface area (Å²) in [6.45, 7) is 9.35. The van der Waals surface area contributed by atoms with Gasteiger partial charge in [0.05, 0.1) is 0 Å². The Morgan fingerprint density at radius 2 is 1.85 bits per heavy atom. The second kappa shape index (κ2) is 5.87. The zero-order valence-corrected chi connectivity index (χ0v) is 13.0. The number of piperazine rings is 1. The van der Waals surface area contributed by atoms with Gasteiger partial charge >= 0.3 is 0 Å². The summed E-state index contributed by atoms with van der Waals surface area (Å²) < 4.78 is 0. The minimum Gasteiger partial charge on any atom is -0.311 e. The van der Waals surface area contributed by atoms with Gasteiger partial charge in [0.25, 0.3) is 0 Å².